The van der Waals surface area contributed by atoms with Crippen LogP contribution in [0.25, 0.3) is 5.69 Å². The number of carbonyl (C=O) groups excluding carboxylic acids is 1. The number of halogens is 1. The lowest BCUT2D eigenvalue weighted by atomic mass is 10.3. The van der Waals surface area contributed by atoms with Gasteiger partial charge in [0.2, 0.25) is 5.91 Å². The van der Waals surface area contributed by atoms with E-state index in [1.54, 1.807) is 24.3 Å². The van der Waals surface area contributed by atoms with E-state index in [2.05, 4.69) is 15.7 Å². The smallest absolute Gasteiger partial charge is 0.326 e. The highest BCUT2D eigenvalue weighted by Crippen LogP contribution is 2.08. The van der Waals surface area contributed by atoms with Gasteiger partial charge in [0.25, 0.3) is 0 Å². The molecule has 0 aliphatic heterocycles. The second-order valence-corrected chi connectivity index (χ2v) is 5.04. The van der Waals surface area contributed by atoms with E-state index in [1.807, 2.05) is 6.07 Å². The minimum absolute atomic E-state index is 0.0464. The van der Waals surface area contributed by atoms with E-state index in [-0.39, 0.29) is 24.7 Å². The lowest BCUT2D eigenvalue weighted by molar-refractivity contribution is -0.116. The summed E-state index contributed by atoms with van der Waals surface area (Å²) in [5.41, 5.74) is 0.669. The SMILES string of the molecule is O=C(CCn1nnn(-c2ccccc2)c1=O)Nc1ccc(F)cc1. The highest BCUT2D eigenvalue weighted by molar-refractivity contribution is 5.90. The number of tetrazole rings is 1. The van der Waals surface area contributed by atoms with Crippen LogP contribution in [0.15, 0.2) is 59.4 Å². The molecule has 8 heteroatoms. The molecule has 0 fully saturated rings. The summed E-state index contributed by atoms with van der Waals surface area (Å²) in [6, 6.07) is 14.3. The van der Waals surface area contributed by atoms with Crippen LogP contribution in [0, 0.1) is 5.82 Å². The number of hydrogen-bond donors (Lipinski definition) is 1. The van der Waals surface area contributed by atoms with Gasteiger partial charge in [-0.1, -0.05) is 18.2 Å². The van der Waals surface area contributed by atoms with E-state index in [0.717, 1.165) is 9.36 Å². The summed E-state index contributed by atoms with van der Waals surface area (Å²) in [6.45, 7) is 0.0959. The Labute approximate surface area is 136 Å². The zero-order valence-corrected chi connectivity index (χ0v) is 12.6. The highest BCUT2D eigenvalue weighted by Gasteiger charge is 2.10. The van der Waals surface area contributed by atoms with E-state index in [0.29, 0.717) is 11.4 Å². The van der Waals surface area contributed by atoms with Gasteiger partial charge in [-0.05, 0) is 46.8 Å². The van der Waals surface area contributed by atoms with Crippen LogP contribution in [-0.4, -0.2) is 25.7 Å². The average molecular weight is 327 g/mol. The Morgan fingerprint density at radius 3 is 2.46 bits per heavy atom. The van der Waals surface area contributed by atoms with Gasteiger partial charge < -0.3 is 5.32 Å². The van der Waals surface area contributed by atoms with Gasteiger partial charge in [0, 0.05) is 12.1 Å². The van der Waals surface area contributed by atoms with Crippen molar-refractivity contribution in [1.82, 2.24) is 19.8 Å². The molecule has 24 heavy (non-hydrogen) atoms. The second kappa shape index (κ2) is 6.86. The fraction of sp³-hybridized carbons (Fsp3) is 0.125. The van der Waals surface area contributed by atoms with Crippen LogP contribution in [0.5, 0.6) is 0 Å². The predicted molar refractivity (Wildman–Crippen MR) is 85.3 cm³/mol. The first-order valence-electron chi connectivity index (χ1n) is 7.27. The molecule has 0 atom stereocenters. The lowest BCUT2D eigenvalue weighted by Crippen LogP contribution is -2.26. The largest absolute Gasteiger partial charge is 0.368 e. The van der Waals surface area contributed by atoms with Crippen molar-refractivity contribution in [3.05, 3.63) is 70.9 Å². The summed E-state index contributed by atoms with van der Waals surface area (Å²) in [4.78, 5) is 24.1. The van der Waals surface area contributed by atoms with Crippen molar-refractivity contribution in [2.24, 2.45) is 0 Å². The summed E-state index contributed by atoms with van der Waals surface area (Å²) >= 11 is 0. The molecule has 0 aliphatic carbocycles. The molecule has 0 bridgehead atoms. The van der Waals surface area contributed by atoms with E-state index in [4.69, 9.17) is 0 Å². The molecule has 1 aromatic heterocycles. The third kappa shape index (κ3) is 3.54. The standard InChI is InChI=1S/C16H14FN5O2/c17-12-6-8-13(9-7-12)18-15(23)10-11-21-16(24)22(20-19-21)14-4-2-1-3-5-14/h1-9H,10-11H2,(H,18,23). The fourth-order valence-corrected chi connectivity index (χ4v) is 2.11. The Morgan fingerprint density at radius 2 is 1.75 bits per heavy atom. The summed E-state index contributed by atoms with van der Waals surface area (Å²) < 4.78 is 15.1. The molecule has 0 saturated carbocycles. The molecule has 1 N–H and O–H groups in total. The first-order valence-corrected chi connectivity index (χ1v) is 7.27. The van der Waals surface area contributed by atoms with Crippen LogP contribution in [-0.2, 0) is 11.3 Å². The quantitative estimate of drug-likeness (QED) is 0.772. The molecule has 0 radical (unpaired) electrons. The van der Waals surface area contributed by atoms with Crippen LogP contribution in [0.3, 0.4) is 0 Å². The zero-order valence-electron chi connectivity index (χ0n) is 12.6. The van der Waals surface area contributed by atoms with E-state index in [1.165, 1.54) is 24.3 Å². The van der Waals surface area contributed by atoms with Crippen molar-refractivity contribution in [2.75, 3.05) is 5.32 Å². The maximum absolute atomic E-state index is 12.8. The van der Waals surface area contributed by atoms with Gasteiger partial charge >= 0.3 is 5.69 Å². The molecule has 0 saturated heterocycles. The van der Waals surface area contributed by atoms with Gasteiger partial charge in [0.15, 0.2) is 0 Å². The first kappa shape index (κ1) is 15.6. The van der Waals surface area contributed by atoms with Crippen LogP contribution < -0.4 is 11.0 Å². The molecule has 3 rings (SSSR count). The molecule has 1 amide bonds. The maximum Gasteiger partial charge on any atom is 0.368 e. The monoisotopic (exact) mass is 327 g/mol. The number of carbonyl (C=O) groups is 1. The van der Waals surface area contributed by atoms with Crippen molar-refractivity contribution >= 4 is 11.6 Å². The number of anilines is 1. The van der Waals surface area contributed by atoms with E-state index < -0.39 is 5.69 Å². The molecular formula is C16H14FN5O2. The van der Waals surface area contributed by atoms with Gasteiger partial charge in [0.05, 0.1) is 12.2 Å². The summed E-state index contributed by atoms with van der Waals surface area (Å²) in [7, 11) is 0. The van der Waals surface area contributed by atoms with Gasteiger partial charge in [-0.3, -0.25) is 4.79 Å². The number of amides is 1. The Morgan fingerprint density at radius 1 is 1.04 bits per heavy atom. The number of hydrogen-bond acceptors (Lipinski definition) is 4. The minimum Gasteiger partial charge on any atom is -0.326 e. The van der Waals surface area contributed by atoms with Crippen LogP contribution >= 0.6 is 0 Å². The number of nitrogens with one attached hydrogen (secondary N) is 1. The van der Waals surface area contributed by atoms with Gasteiger partial charge in [-0.15, -0.1) is 0 Å². The molecule has 0 unspecified atom stereocenters. The van der Waals surface area contributed by atoms with Crippen molar-refractivity contribution in [1.29, 1.82) is 0 Å². The Kier molecular flexibility index (Phi) is 4.46. The van der Waals surface area contributed by atoms with Crippen molar-refractivity contribution in [3.8, 4) is 5.69 Å². The molecule has 1 heterocycles. The third-order valence-corrected chi connectivity index (χ3v) is 3.32. The molecule has 3 aromatic rings. The van der Waals surface area contributed by atoms with Crippen LogP contribution in [0.1, 0.15) is 6.42 Å². The molecule has 0 aliphatic rings. The van der Waals surface area contributed by atoms with Crippen molar-refractivity contribution < 1.29 is 9.18 Å². The number of nitrogens with zero attached hydrogens (tertiary/aromatic N) is 4. The number of benzene rings is 2. The number of rotatable bonds is 5. The van der Waals surface area contributed by atoms with E-state index >= 15 is 0 Å². The molecule has 2 aromatic carbocycles. The Hall–Kier alpha value is -3.29. The highest BCUT2D eigenvalue weighted by atomic mass is 19.1. The molecule has 7 nitrogen and oxygen atoms in total. The van der Waals surface area contributed by atoms with E-state index in [9.17, 15) is 14.0 Å². The lowest BCUT2D eigenvalue weighted by Gasteiger charge is -2.04. The van der Waals surface area contributed by atoms with Gasteiger partial charge in [0.1, 0.15) is 5.82 Å². The molecule has 0 spiro atoms. The van der Waals surface area contributed by atoms with Crippen LogP contribution in [0.4, 0.5) is 10.1 Å². The van der Waals surface area contributed by atoms with Crippen LogP contribution in [0.2, 0.25) is 0 Å². The van der Waals surface area contributed by atoms with Crippen molar-refractivity contribution in [3.63, 3.8) is 0 Å². The summed E-state index contributed by atoms with van der Waals surface area (Å²) in [6.07, 6.45) is 0.0464. The average Bonchev–Trinajstić information content (AvgIpc) is 2.97. The number of para-hydroxylation sites is 1. The maximum atomic E-state index is 12.8. The van der Waals surface area contributed by atoms with Crippen molar-refractivity contribution in [2.45, 2.75) is 13.0 Å². The number of aromatic nitrogens is 4. The van der Waals surface area contributed by atoms with Gasteiger partial charge in [-0.25, -0.2) is 9.18 Å². The van der Waals surface area contributed by atoms with Gasteiger partial charge in [-0.2, -0.15) is 9.36 Å². The summed E-state index contributed by atoms with van der Waals surface area (Å²) in [5, 5.41) is 10.2. The Balaban J connectivity index is 1.63. The molecule has 122 valence electrons. The second-order valence-electron chi connectivity index (χ2n) is 5.04. The first-order chi connectivity index (χ1) is 11.6. The number of aryl methyl sites for hydroxylation is 1. The topological polar surface area (TPSA) is 81.8 Å². The zero-order chi connectivity index (χ0) is 16.9. The fourth-order valence-electron chi connectivity index (χ4n) is 2.11. The normalized spacial score (nSPS) is 10.5. The predicted octanol–water partition coefficient (Wildman–Crippen LogP) is 1.60. The minimum atomic E-state index is -0.421. The Bertz CT molecular complexity index is 887. The summed E-state index contributed by atoms with van der Waals surface area (Å²) in [5.74, 6) is -0.681. The molecular weight excluding hydrogens is 313 g/mol. The third-order valence-electron chi connectivity index (χ3n) is 3.32.